The van der Waals surface area contributed by atoms with Crippen LogP contribution in [-0.2, 0) is 4.74 Å². The van der Waals surface area contributed by atoms with Crippen molar-refractivity contribution in [1.29, 1.82) is 0 Å². The number of amidine groups is 1. The normalized spacial score (nSPS) is 15.0. The van der Waals surface area contributed by atoms with Gasteiger partial charge in [0.1, 0.15) is 0 Å². The topological polar surface area (TPSA) is 47.6 Å². The van der Waals surface area contributed by atoms with E-state index in [-0.39, 0.29) is 6.10 Å². The quantitative estimate of drug-likeness (QED) is 0.482. The maximum absolute atomic E-state index is 5.58. The van der Waals surface area contributed by atoms with E-state index in [0.29, 0.717) is 6.54 Å². The van der Waals surface area contributed by atoms with Crippen molar-refractivity contribution in [2.24, 2.45) is 10.7 Å². The van der Waals surface area contributed by atoms with E-state index in [0.717, 1.165) is 18.7 Å². The molecule has 0 heterocycles. The van der Waals surface area contributed by atoms with Gasteiger partial charge in [-0.2, -0.15) is 0 Å². The van der Waals surface area contributed by atoms with E-state index in [1.165, 1.54) is 0 Å². The number of nitrogens with two attached hydrogens (primary N) is 1. The number of rotatable bonds is 5. The molecule has 0 spiro atoms. The molecule has 0 aromatic rings. The van der Waals surface area contributed by atoms with Crippen molar-refractivity contribution < 1.29 is 4.74 Å². The lowest BCUT2D eigenvalue weighted by atomic mass is 10.3. The summed E-state index contributed by atoms with van der Waals surface area (Å²) in [4.78, 5) is 4.15. The summed E-state index contributed by atoms with van der Waals surface area (Å²) >= 11 is 0. The number of hydrogen-bond donors (Lipinski definition) is 1. The molecule has 1 atom stereocenters. The zero-order valence-corrected chi connectivity index (χ0v) is 7.63. The van der Waals surface area contributed by atoms with Crippen molar-refractivity contribution in [3.63, 3.8) is 0 Å². The molecule has 3 heteroatoms. The molecular formula is C8H18N2O. The molecule has 0 aliphatic carbocycles. The molecule has 2 N–H and O–H groups in total. The molecule has 0 fully saturated rings. The SMILES string of the molecule is CCCC(N)=NCC(C)OC. The van der Waals surface area contributed by atoms with E-state index in [1.807, 2.05) is 6.92 Å². The monoisotopic (exact) mass is 158 g/mol. The highest BCUT2D eigenvalue weighted by Crippen LogP contribution is 1.91. The van der Waals surface area contributed by atoms with Gasteiger partial charge in [-0.15, -0.1) is 0 Å². The molecule has 0 amide bonds. The largest absolute Gasteiger partial charge is 0.387 e. The van der Waals surface area contributed by atoms with Crippen LogP contribution in [0.5, 0.6) is 0 Å². The standard InChI is InChI=1S/C8H18N2O/c1-4-5-8(9)10-6-7(2)11-3/h7H,4-6H2,1-3H3,(H2,9,10). The lowest BCUT2D eigenvalue weighted by Crippen LogP contribution is -2.16. The summed E-state index contributed by atoms with van der Waals surface area (Å²) in [5.74, 6) is 0.733. The van der Waals surface area contributed by atoms with Gasteiger partial charge < -0.3 is 10.5 Å². The third-order valence-corrected chi connectivity index (χ3v) is 1.46. The molecule has 0 aliphatic heterocycles. The van der Waals surface area contributed by atoms with Crippen LogP contribution in [0.3, 0.4) is 0 Å². The highest BCUT2D eigenvalue weighted by atomic mass is 16.5. The van der Waals surface area contributed by atoms with Gasteiger partial charge in [0.2, 0.25) is 0 Å². The summed E-state index contributed by atoms with van der Waals surface area (Å²) in [7, 11) is 1.68. The first-order chi connectivity index (χ1) is 5.20. The van der Waals surface area contributed by atoms with E-state index >= 15 is 0 Å². The molecule has 0 aliphatic rings. The number of nitrogens with zero attached hydrogens (tertiary/aromatic N) is 1. The summed E-state index contributed by atoms with van der Waals surface area (Å²) in [5.41, 5.74) is 5.58. The van der Waals surface area contributed by atoms with E-state index in [9.17, 15) is 0 Å². The Bertz CT molecular complexity index is 123. The van der Waals surface area contributed by atoms with Gasteiger partial charge in [0.05, 0.1) is 18.5 Å². The van der Waals surface area contributed by atoms with E-state index < -0.39 is 0 Å². The number of aliphatic imine (C=N–C) groups is 1. The van der Waals surface area contributed by atoms with Crippen molar-refractivity contribution in [2.75, 3.05) is 13.7 Å². The minimum absolute atomic E-state index is 0.172. The lowest BCUT2D eigenvalue weighted by Gasteiger charge is -2.05. The summed E-state index contributed by atoms with van der Waals surface area (Å²) < 4.78 is 5.02. The second-order valence-electron chi connectivity index (χ2n) is 2.63. The average molecular weight is 158 g/mol. The Morgan fingerprint density at radius 2 is 2.27 bits per heavy atom. The molecule has 0 aromatic heterocycles. The van der Waals surface area contributed by atoms with E-state index in [1.54, 1.807) is 7.11 Å². The van der Waals surface area contributed by atoms with Crippen molar-refractivity contribution >= 4 is 5.84 Å². The highest BCUT2D eigenvalue weighted by molar-refractivity contribution is 5.80. The molecular weight excluding hydrogens is 140 g/mol. The Balaban J connectivity index is 3.54. The second kappa shape index (κ2) is 6.16. The van der Waals surface area contributed by atoms with Crippen LogP contribution in [0.15, 0.2) is 4.99 Å². The Hall–Kier alpha value is -0.570. The van der Waals surface area contributed by atoms with Crippen LogP contribution < -0.4 is 5.73 Å². The first-order valence-corrected chi connectivity index (χ1v) is 4.02. The maximum atomic E-state index is 5.58. The van der Waals surface area contributed by atoms with E-state index in [4.69, 9.17) is 10.5 Å². The molecule has 0 rings (SSSR count). The second-order valence-corrected chi connectivity index (χ2v) is 2.63. The van der Waals surface area contributed by atoms with Gasteiger partial charge in [-0.3, -0.25) is 4.99 Å². The van der Waals surface area contributed by atoms with E-state index in [2.05, 4.69) is 11.9 Å². The minimum Gasteiger partial charge on any atom is -0.387 e. The highest BCUT2D eigenvalue weighted by Gasteiger charge is 1.96. The first-order valence-electron chi connectivity index (χ1n) is 4.02. The van der Waals surface area contributed by atoms with Crippen LogP contribution in [0.25, 0.3) is 0 Å². The van der Waals surface area contributed by atoms with Crippen molar-refractivity contribution in [1.82, 2.24) is 0 Å². The van der Waals surface area contributed by atoms with Crippen LogP contribution in [0.1, 0.15) is 26.7 Å². The van der Waals surface area contributed by atoms with Crippen LogP contribution >= 0.6 is 0 Å². The van der Waals surface area contributed by atoms with Gasteiger partial charge in [-0.25, -0.2) is 0 Å². The van der Waals surface area contributed by atoms with Crippen LogP contribution in [-0.4, -0.2) is 25.6 Å². The number of methoxy groups -OCH3 is 1. The van der Waals surface area contributed by atoms with Gasteiger partial charge >= 0.3 is 0 Å². The molecule has 66 valence electrons. The molecule has 11 heavy (non-hydrogen) atoms. The fourth-order valence-corrected chi connectivity index (χ4v) is 0.656. The maximum Gasteiger partial charge on any atom is 0.0938 e. The van der Waals surface area contributed by atoms with Gasteiger partial charge in [0, 0.05) is 13.5 Å². The summed E-state index contributed by atoms with van der Waals surface area (Å²) in [5, 5.41) is 0. The van der Waals surface area contributed by atoms with Gasteiger partial charge in [-0.1, -0.05) is 6.92 Å². The number of ether oxygens (including phenoxy) is 1. The molecule has 3 nitrogen and oxygen atoms in total. The van der Waals surface area contributed by atoms with Crippen molar-refractivity contribution in [3.8, 4) is 0 Å². The zero-order chi connectivity index (χ0) is 8.69. The smallest absolute Gasteiger partial charge is 0.0938 e. The van der Waals surface area contributed by atoms with Crippen molar-refractivity contribution in [3.05, 3.63) is 0 Å². The summed E-state index contributed by atoms with van der Waals surface area (Å²) in [6.07, 6.45) is 2.11. The molecule has 0 bridgehead atoms. The fourth-order valence-electron chi connectivity index (χ4n) is 0.656. The summed E-state index contributed by atoms with van der Waals surface area (Å²) in [6.45, 7) is 4.73. The molecule has 0 aromatic carbocycles. The van der Waals surface area contributed by atoms with Crippen LogP contribution in [0.4, 0.5) is 0 Å². The first kappa shape index (κ1) is 10.4. The molecule has 1 unspecified atom stereocenters. The summed E-state index contributed by atoms with van der Waals surface area (Å²) in [6, 6.07) is 0. The van der Waals surface area contributed by atoms with Gasteiger partial charge in [0.25, 0.3) is 0 Å². The Morgan fingerprint density at radius 3 is 2.73 bits per heavy atom. The van der Waals surface area contributed by atoms with Gasteiger partial charge in [0.15, 0.2) is 0 Å². The van der Waals surface area contributed by atoms with Crippen molar-refractivity contribution in [2.45, 2.75) is 32.8 Å². The predicted octanol–water partition coefficient (Wildman–Crippen LogP) is 1.18. The Labute approximate surface area is 68.6 Å². The molecule has 0 saturated heterocycles. The number of hydrogen-bond acceptors (Lipinski definition) is 2. The van der Waals surface area contributed by atoms with Crippen LogP contribution in [0.2, 0.25) is 0 Å². The molecule has 0 saturated carbocycles. The zero-order valence-electron chi connectivity index (χ0n) is 7.63. The fraction of sp³-hybridized carbons (Fsp3) is 0.875. The Kier molecular flexibility index (Phi) is 5.84. The van der Waals surface area contributed by atoms with Gasteiger partial charge in [-0.05, 0) is 13.3 Å². The third-order valence-electron chi connectivity index (χ3n) is 1.46. The minimum atomic E-state index is 0.172. The van der Waals surface area contributed by atoms with Crippen LogP contribution in [0, 0.1) is 0 Å². The predicted molar refractivity (Wildman–Crippen MR) is 47.9 cm³/mol. The average Bonchev–Trinajstić information content (AvgIpc) is 2.01. The third kappa shape index (κ3) is 5.85. The lowest BCUT2D eigenvalue weighted by molar-refractivity contribution is 0.125. The Morgan fingerprint density at radius 1 is 1.64 bits per heavy atom. The molecule has 0 radical (unpaired) electrons.